The lowest BCUT2D eigenvalue weighted by Crippen LogP contribution is -2.68. The summed E-state index contributed by atoms with van der Waals surface area (Å²) in [6.07, 6.45) is 1.41. The number of rotatable bonds is 4. The van der Waals surface area contributed by atoms with E-state index in [4.69, 9.17) is 9.15 Å². The predicted octanol–water partition coefficient (Wildman–Crippen LogP) is 2.71. The van der Waals surface area contributed by atoms with Crippen molar-refractivity contribution >= 4 is 28.3 Å². The Balaban J connectivity index is 2.03. The first-order chi connectivity index (χ1) is 12.3. The highest BCUT2D eigenvalue weighted by atomic mass is 32.1. The third kappa shape index (κ3) is 3.40. The average Bonchev–Trinajstić information content (AvgIpc) is 3.00. The quantitative estimate of drug-likeness (QED) is 0.560. The Morgan fingerprint density at radius 1 is 1.31 bits per heavy atom. The van der Waals surface area contributed by atoms with Gasteiger partial charge in [-0.25, -0.2) is 9.78 Å². The standard InChI is InChI=1S/C19H20N2O4S/c1-9(2)16(20)19(23)25-12-5-10(3)15-14(6-12)24-7-13(17(15)22)18-21-11(4)8-26-18/h5-9,16H,20H2,1-4H3/p+1. The first-order valence-electron chi connectivity index (χ1n) is 8.31. The number of ether oxygens (including phenoxy) is 1. The number of esters is 1. The van der Waals surface area contributed by atoms with E-state index in [1.165, 1.54) is 17.6 Å². The average molecular weight is 373 g/mol. The molecule has 0 radical (unpaired) electrons. The number of hydrogen-bond acceptors (Lipinski definition) is 6. The van der Waals surface area contributed by atoms with Crippen molar-refractivity contribution in [1.82, 2.24) is 4.98 Å². The fourth-order valence-corrected chi connectivity index (χ4v) is 3.36. The molecule has 0 bridgehead atoms. The van der Waals surface area contributed by atoms with E-state index in [1.54, 1.807) is 19.1 Å². The molecule has 0 spiro atoms. The van der Waals surface area contributed by atoms with E-state index in [0.717, 1.165) is 5.69 Å². The van der Waals surface area contributed by atoms with E-state index in [1.807, 2.05) is 26.2 Å². The van der Waals surface area contributed by atoms with Gasteiger partial charge in [-0.05, 0) is 25.5 Å². The minimum atomic E-state index is -0.464. The van der Waals surface area contributed by atoms with Gasteiger partial charge in [0.15, 0.2) is 6.04 Å². The number of thiazole rings is 1. The maximum Gasteiger partial charge on any atom is 0.370 e. The van der Waals surface area contributed by atoms with Crippen LogP contribution in [-0.2, 0) is 4.79 Å². The molecule has 3 aromatic rings. The number of carbonyl (C=O) groups is 1. The molecule has 1 atom stereocenters. The van der Waals surface area contributed by atoms with Gasteiger partial charge in [0.2, 0.25) is 5.43 Å². The smallest absolute Gasteiger partial charge is 0.370 e. The van der Waals surface area contributed by atoms with Gasteiger partial charge in [-0.2, -0.15) is 0 Å². The number of quaternary nitrogens is 1. The molecule has 3 rings (SSSR count). The summed E-state index contributed by atoms with van der Waals surface area (Å²) in [5, 5.41) is 2.98. The van der Waals surface area contributed by atoms with Crippen molar-refractivity contribution in [3.05, 3.63) is 45.3 Å². The lowest BCUT2D eigenvalue weighted by molar-refractivity contribution is -0.417. The maximum absolute atomic E-state index is 12.9. The Hall–Kier alpha value is -2.51. The van der Waals surface area contributed by atoms with Crippen molar-refractivity contribution in [2.24, 2.45) is 5.92 Å². The van der Waals surface area contributed by atoms with Crippen molar-refractivity contribution in [2.45, 2.75) is 33.7 Å². The lowest BCUT2D eigenvalue weighted by Gasteiger charge is -2.12. The topological polar surface area (TPSA) is 97.0 Å². The summed E-state index contributed by atoms with van der Waals surface area (Å²) in [5.74, 6) is 0.0116. The van der Waals surface area contributed by atoms with Gasteiger partial charge in [0.25, 0.3) is 0 Å². The van der Waals surface area contributed by atoms with E-state index >= 15 is 0 Å². The monoisotopic (exact) mass is 373 g/mol. The molecule has 3 N–H and O–H groups in total. The summed E-state index contributed by atoms with van der Waals surface area (Å²) >= 11 is 1.40. The van der Waals surface area contributed by atoms with Crippen molar-refractivity contribution in [1.29, 1.82) is 0 Å². The van der Waals surface area contributed by atoms with Crippen LogP contribution in [0.1, 0.15) is 25.1 Å². The van der Waals surface area contributed by atoms with Gasteiger partial charge in [-0.3, -0.25) is 4.79 Å². The number of nitrogens with zero attached hydrogens (tertiary/aromatic N) is 1. The molecule has 0 aliphatic heterocycles. The highest BCUT2D eigenvalue weighted by Crippen LogP contribution is 2.27. The van der Waals surface area contributed by atoms with E-state index in [-0.39, 0.29) is 11.3 Å². The van der Waals surface area contributed by atoms with E-state index in [2.05, 4.69) is 10.7 Å². The van der Waals surface area contributed by atoms with Gasteiger partial charge >= 0.3 is 5.97 Å². The van der Waals surface area contributed by atoms with Crippen LogP contribution in [0.4, 0.5) is 0 Å². The molecular formula is C19H21N2O4S+. The number of carbonyl (C=O) groups excluding carboxylic acids is 1. The Labute approximate surface area is 154 Å². The predicted molar refractivity (Wildman–Crippen MR) is 100 cm³/mol. The Bertz CT molecular complexity index is 1040. The molecule has 7 heteroatoms. The zero-order valence-corrected chi connectivity index (χ0v) is 16.0. The van der Waals surface area contributed by atoms with E-state index in [0.29, 0.717) is 32.9 Å². The second-order valence-corrected chi connectivity index (χ2v) is 7.52. The molecule has 1 aromatic carbocycles. The molecule has 1 unspecified atom stereocenters. The SMILES string of the molecule is Cc1csc(-c2coc3cc(OC(=O)C([NH3+])C(C)C)cc(C)c3c2=O)n1. The molecule has 2 aromatic heterocycles. The van der Waals surface area contributed by atoms with Gasteiger partial charge in [-0.15, -0.1) is 11.3 Å². The Morgan fingerprint density at radius 2 is 2.04 bits per heavy atom. The first-order valence-corrected chi connectivity index (χ1v) is 9.19. The Kier molecular flexibility index (Phi) is 4.93. The number of benzene rings is 1. The van der Waals surface area contributed by atoms with Crippen LogP contribution in [0.15, 0.2) is 33.0 Å². The van der Waals surface area contributed by atoms with E-state index in [9.17, 15) is 9.59 Å². The number of hydrogen-bond donors (Lipinski definition) is 1. The van der Waals surface area contributed by atoms with Crippen LogP contribution in [0.2, 0.25) is 0 Å². The fraction of sp³-hybridized carbons (Fsp3) is 0.316. The molecule has 26 heavy (non-hydrogen) atoms. The molecule has 0 saturated carbocycles. The molecule has 6 nitrogen and oxygen atoms in total. The van der Waals surface area contributed by atoms with Crippen molar-refractivity contribution in [3.63, 3.8) is 0 Å². The Morgan fingerprint density at radius 3 is 2.65 bits per heavy atom. The van der Waals surface area contributed by atoms with Crippen LogP contribution in [0.25, 0.3) is 21.5 Å². The summed E-state index contributed by atoms with van der Waals surface area (Å²) < 4.78 is 11.1. The number of aromatic nitrogens is 1. The van der Waals surface area contributed by atoms with Crippen LogP contribution in [0, 0.1) is 19.8 Å². The molecule has 136 valence electrons. The lowest BCUT2D eigenvalue weighted by atomic mass is 10.1. The molecule has 0 fully saturated rings. The van der Waals surface area contributed by atoms with Gasteiger partial charge in [-0.1, -0.05) is 13.8 Å². The van der Waals surface area contributed by atoms with Crippen molar-refractivity contribution in [3.8, 4) is 16.3 Å². The van der Waals surface area contributed by atoms with Gasteiger partial charge in [0.1, 0.15) is 22.6 Å². The minimum Gasteiger partial charge on any atom is -0.463 e. The summed E-state index contributed by atoms with van der Waals surface area (Å²) in [7, 11) is 0. The van der Waals surface area contributed by atoms with Crippen LogP contribution < -0.4 is 15.9 Å². The number of fused-ring (bicyclic) bond motifs is 1. The summed E-state index contributed by atoms with van der Waals surface area (Å²) in [6, 6.07) is 2.76. The second kappa shape index (κ2) is 7.01. The molecule has 0 aliphatic rings. The summed E-state index contributed by atoms with van der Waals surface area (Å²) in [5.41, 5.74) is 6.02. The summed E-state index contributed by atoms with van der Waals surface area (Å²) in [4.78, 5) is 29.4. The zero-order chi connectivity index (χ0) is 19.0. The molecule has 2 heterocycles. The van der Waals surface area contributed by atoms with Crippen LogP contribution in [0.3, 0.4) is 0 Å². The minimum absolute atomic E-state index is 0.0753. The van der Waals surface area contributed by atoms with Crippen LogP contribution in [-0.4, -0.2) is 17.0 Å². The highest BCUT2D eigenvalue weighted by molar-refractivity contribution is 7.13. The normalized spacial score (nSPS) is 12.5. The van der Waals surface area contributed by atoms with Gasteiger partial charge in [0.05, 0.1) is 10.9 Å². The molecule has 0 amide bonds. The molecule has 0 aliphatic carbocycles. The fourth-order valence-electron chi connectivity index (χ4n) is 2.57. The van der Waals surface area contributed by atoms with Crippen LogP contribution in [0.5, 0.6) is 5.75 Å². The second-order valence-electron chi connectivity index (χ2n) is 6.66. The zero-order valence-electron chi connectivity index (χ0n) is 15.2. The van der Waals surface area contributed by atoms with Crippen molar-refractivity contribution in [2.75, 3.05) is 0 Å². The number of aryl methyl sites for hydroxylation is 2. The van der Waals surface area contributed by atoms with Crippen molar-refractivity contribution < 1.29 is 19.7 Å². The van der Waals surface area contributed by atoms with E-state index < -0.39 is 12.0 Å². The summed E-state index contributed by atoms with van der Waals surface area (Å²) in [6.45, 7) is 7.48. The van der Waals surface area contributed by atoms with Gasteiger partial charge in [0, 0.05) is 23.1 Å². The first kappa shape index (κ1) is 18.3. The maximum atomic E-state index is 12.9. The highest BCUT2D eigenvalue weighted by Gasteiger charge is 2.24. The van der Waals surface area contributed by atoms with Gasteiger partial charge < -0.3 is 14.9 Å². The van der Waals surface area contributed by atoms with Crippen LogP contribution >= 0.6 is 11.3 Å². The molecular weight excluding hydrogens is 352 g/mol. The third-order valence-corrected chi connectivity index (χ3v) is 5.22. The molecule has 0 saturated heterocycles. The third-order valence-electron chi connectivity index (χ3n) is 4.22. The largest absolute Gasteiger partial charge is 0.463 e.